The number of ketones is 1. The SMILES string of the molecule is COc1cc(C)c(C2=C(N(C=O)CCCN3CCOCC3)C3=C(C=C4OCOC4N3)C2=O)cc1OC. The fourth-order valence-corrected chi connectivity index (χ4v) is 5.02. The summed E-state index contributed by atoms with van der Waals surface area (Å²) in [6, 6.07) is 3.62. The van der Waals surface area contributed by atoms with E-state index in [2.05, 4.69) is 10.2 Å². The molecule has 3 aliphatic heterocycles. The fraction of sp³-hybridized carbons (Fsp3) is 0.462. The van der Waals surface area contributed by atoms with Gasteiger partial charge in [-0.25, -0.2) is 0 Å². The molecule has 192 valence electrons. The second-order valence-electron chi connectivity index (χ2n) is 8.97. The van der Waals surface area contributed by atoms with Gasteiger partial charge in [0.2, 0.25) is 6.41 Å². The number of methoxy groups -OCH3 is 2. The number of ether oxygens (including phenoxy) is 5. The number of Topliss-reactive ketones (excluding diaryl/α,β-unsaturated/α-hetero) is 1. The molecule has 1 unspecified atom stereocenters. The van der Waals surface area contributed by atoms with Gasteiger partial charge in [0.15, 0.2) is 30.3 Å². The van der Waals surface area contributed by atoms with Crippen molar-refractivity contribution in [3.8, 4) is 11.5 Å². The van der Waals surface area contributed by atoms with Crippen molar-refractivity contribution in [1.82, 2.24) is 15.1 Å². The number of nitrogens with zero attached hydrogens (tertiary/aromatic N) is 2. The third kappa shape index (κ3) is 4.36. The third-order valence-corrected chi connectivity index (χ3v) is 6.89. The number of dihydropyridines is 1. The average molecular weight is 498 g/mol. The lowest BCUT2D eigenvalue weighted by Gasteiger charge is -2.29. The van der Waals surface area contributed by atoms with Gasteiger partial charge in [-0.3, -0.25) is 14.5 Å². The molecule has 2 fully saturated rings. The number of fused-ring (bicyclic) bond motifs is 1. The van der Waals surface area contributed by atoms with Gasteiger partial charge in [-0.15, -0.1) is 0 Å². The summed E-state index contributed by atoms with van der Waals surface area (Å²) in [7, 11) is 3.12. The number of allylic oxidation sites excluding steroid dienone is 3. The lowest BCUT2D eigenvalue weighted by molar-refractivity contribution is -0.116. The number of nitrogens with one attached hydrogen (secondary N) is 1. The first-order valence-corrected chi connectivity index (χ1v) is 12.1. The average Bonchev–Trinajstić information content (AvgIpc) is 3.47. The summed E-state index contributed by atoms with van der Waals surface area (Å²) >= 11 is 0. The van der Waals surface area contributed by atoms with Crippen LogP contribution < -0.4 is 14.8 Å². The van der Waals surface area contributed by atoms with Crippen LogP contribution in [0.4, 0.5) is 0 Å². The zero-order valence-electron chi connectivity index (χ0n) is 20.8. The van der Waals surface area contributed by atoms with E-state index in [1.807, 2.05) is 13.0 Å². The molecule has 10 heteroatoms. The zero-order chi connectivity index (χ0) is 25.2. The van der Waals surface area contributed by atoms with E-state index in [4.69, 9.17) is 23.7 Å². The number of carbonyl (C=O) groups is 2. The van der Waals surface area contributed by atoms with Gasteiger partial charge in [-0.05, 0) is 42.7 Å². The summed E-state index contributed by atoms with van der Waals surface area (Å²) in [5.74, 6) is 1.43. The molecule has 5 rings (SSSR count). The monoisotopic (exact) mass is 497 g/mol. The van der Waals surface area contributed by atoms with Crippen molar-refractivity contribution < 1.29 is 33.3 Å². The van der Waals surface area contributed by atoms with Crippen LogP contribution >= 0.6 is 0 Å². The van der Waals surface area contributed by atoms with Crippen LogP contribution in [0.5, 0.6) is 11.5 Å². The largest absolute Gasteiger partial charge is 0.493 e. The molecular formula is C26H31N3O7. The number of amides is 1. The highest BCUT2D eigenvalue weighted by Crippen LogP contribution is 2.43. The highest BCUT2D eigenvalue weighted by molar-refractivity contribution is 6.34. The van der Waals surface area contributed by atoms with Crippen LogP contribution in [0.3, 0.4) is 0 Å². The van der Waals surface area contributed by atoms with Gasteiger partial charge < -0.3 is 33.9 Å². The van der Waals surface area contributed by atoms with Crippen molar-refractivity contribution in [1.29, 1.82) is 0 Å². The van der Waals surface area contributed by atoms with Crippen LogP contribution in [0.2, 0.25) is 0 Å². The molecule has 1 atom stereocenters. The summed E-state index contributed by atoms with van der Waals surface area (Å²) in [5.41, 5.74) is 3.49. The molecule has 0 radical (unpaired) electrons. The number of morpholine rings is 1. The van der Waals surface area contributed by atoms with Gasteiger partial charge >= 0.3 is 0 Å². The van der Waals surface area contributed by atoms with Gasteiger partial charge in [0, 0.05) is 26.2 Å². The molecule has 1 aromatic carbocycles. The summed E-state index contributed by atoms with van der Waals surface area (Å²) in [5, 5.41) is 3.28. The van der Waals surface area contributed by atoms with Crippen molar-refractivity contribution >= 4 is 17.8 Å². The van der Waals surface area contributed by atoms with E-state index in [0.717, 1.165) is 51.2 Å². The Labute approximate surface area is 210 Å². The molecule has 0 spiro atoms. The maximum Gasteiger partial charge on any atom is 0.214 e. The van der Waals surface area contributed by atoms with Gasteiger partial charge in [0.25, 0.3) is 0 Å². The summed E-state index contributed by atoms with van der Waals surface area (Å²) in [4.78, 5) is 30.2. The van der Waals surface area contributed by atoms with Gasteiger partial charge in [0.05, 0.1) is 50.0 Å². The van der Waals surface area contributed by atoms with E-state index in [1.54, 1.807) is 31.3 Å². The molecule has 0 bridgehead atoms. The zero-order valence-corrected chi connectivity index (χ0v) is 20.8. The van der Waals surface area contributed by atoms with Crippen LogP contribution in [-0.2, 0) is 23.8 Å². The summed E-state index contributed by atoms with van der Waals surface area (Å²) in [6.45, 7) is 6.50. The van der Waals surface area contributed by atoms with Crippen molar-refractivity contribution in [3.63, 3.8) is 0 Å². The molecule has 0 saturated carbocycles. The first-order chi connectivity index (χ1) is 17.5. The Balaban J connectivity index is 1.54. The van der Waals surface area contributed by atoms with Crippen molar-refractivity contribution in [2.24, 2.45) is 0 Å². The predicted octanol–water partition coefficient (Wildman–Crippen LogP) is 1.56. The van der Waals surface area contributed by atoms with Crippen LogP contribution in [0.15, 0.2) is 40.9 Å². The lowest BCUT2D eigenvalue weighted by Crippen LogP contribution is -2.39. The van der Waals surface area contributed by atoms with Crippen LogP contribution in [0.1, 0.15) is 17.5 Å². The van der Waals surface area contributed by atoms with E-state index in [0.29, 0.717) is 51.9 Å². The summed E-state index contributed by atoms with van der Waals surface area (Å²) in [6.07, 6.45) is 2.76. The molecule has 1 aromatic rings. The molecule has 2 saturated heterocycles. The lowest BCUT2D eigenvalue weighted by atomic mass is 9.95. The third-order valence-electron chi connectivity index (χ3n) is 6.89. The molecule has 3 heterocycles. The number of carbonyl (C=O) groups excluding carboxylic acids is 2. The van der Waals surface area contributed by atoms with E-state index in [1.165, 1.54) is 0 Å². The highest BCUT2D eigenvalue weighted by Gasteiger charge is 2.42. The van der Waals surface area contributed by atoms with Crippen molar-refractivity contribution in [3.05, 3.63) is 52.1 Å². The highest BCUT2D eigenvalue weighted by atomic mass is 16.7. The number of aryl methyl sites for hydroxylation is 1. The predicted molar refractivity (Wildman–Crippen MR) is 130 cm³/mol. The Morgan fingerprint density at radius 3 is 2.67 bits per heavy atom. The Morgan fingerprint density at radius 2 is 1.94 bits per heavy atom. The first kappa shape index (κ1) is 24.4. The standard InChI is InChI=1S/C26H31N3O7/c1-16-11-19(32-2)20(33-3)12-17(16)22-24(29(14-30)6-4-5-28-7-9-34-10-8-28)23-18(25(22)31)13-21-26(27-23)36-15-35-21/h11-14,26-27H,4-10,15H2,1-3H3. The number of hydrogen-bond acceptors (Lipinski definition) is 9. The summed E-state index contributed by atoms with van der Waals surface area (Å²) < 4.78 is 27.6. The van der Waals surface area contributed by atoms with Gasteiger partial charge in [-0.2, -0.15) is 0 Å². The fourth-order valence-electron chi connectivity index (χ4n) is 5.02. The molecule has 0 aromatic heterocycles. The minimum atomic E-state index is -0.501. The Bertz CT molecular complexity index is 1150. The van der Waals surface area contributed by atoms with Gasteiger partial charge in [-0.1, -0.05) is 0 Å². The Morgan fingerprint density at radius 1 is 1.19 bits per heavy atom. The molecule has 1 N–H and O–H groups in total. The molecule has 10 nitrogen and oxygen atoms in total. The molecular weight excluding hydrogens is 466 g/mol. The van der Waals surface area contributed by atoms with E-state index in [-0.39, 0.29) is 12.6 Å². The van der Waals surface area contributed by atoms with Crippen LogP contribution in [0.25, 0.3) is 5.57 Å². The maximum atomic E-state index is 13.9. The first-order valence-electron chi connectivity index (χ1n) is 12.1. The smallest absolute Gasteiger partial charge is 0.214 e. The number of hydrogen-bond donors (Lipinski definition) is 1. The molecule has 1 amide bonds. The minimum Gasteiger partial charge on any atom is -0.493 e. The maximum absolute atomic E-state index is 13.9. The molecule has 36 heavy (non-hydrogen) atoms. The normalized spacial score (nSPS) is 21.5. The molecule has 4 aliphatic rings. The van der Waals surface area contributed by atoms with Crippen molar-refractivity contribution in [2.75, 3.05) is 60.4 Å². The number of benzene rings is 1. The second kappa shape index (κ2) is 10.3. The van der Waals surface area contributed by atoms with Crippen LogP contribution in [-0.4, -0.2) is 88.6 Å². The Kier molecular flexibility index (Phi) is 6.99. The quantitative estimate of drug-likeness (QED) is 0.510. The van der Waals surface area contributed by atoms with E-state index in [9.17, 15) is 9.59 Å². The van der Waals surface area contributed by atoms with E-state index >= 15 is 0 Å². The van der Waals surface area contributed by atoms with Gasteiger partial charge in [0.1, 0.15) is 5.76 Å². The van der Waals surface area contributed by atoms with E-state index < -0.39 is 6.23 Å². The number of rotatable bonds is 9. The minimum absolute atomic E-state index is 0.107. The van der Waals surface area contributed by atoms with Crippen LogP contribution in [0, 0.1) is 6.92 Å². The Hall–Kier alpha value is -3.34. The van der Waals surface area contributed by atoms with Crippen molar-refractivity contribution in [2.45, 2.75) is 19.6 Å². The molecule has 1 aliphatic carbocycles. The second-order valence-corrected chi connectivity index (χ2v) is 8.97. The topological polar surface area (TPSA) is 98.8 Å².